The molecule has 334 valence electrons. The van der Waals surface area contributed by atoms with E-state index >= 15 is 0 Å². The number of hydrogen-bond donors (Lipinski definition) is 4. The number of sulfonamides is 2. The van der Waals surface area contributed by atoms with Crippen LogP contribution in [0.15, 0.2) is 73.1 Å². The number of nitrogens with two attached hydrogens (primary N) is 1. The van der Waals surface area contributed by atoms with Crippen LogP contribution in [0.3, 0.4) is 0 Å². The quantitative estimate of drug-likeness (QED) is 0.0428. The Balaban J connectivity index is 0.000000386. The second-order valence-electron chi connectivity index (χ2n) is 14.0. The first-order chi connectivity index (χ1) is 27.8. The molecular formula is C40H59N10O7PdS2-. The van der Waals surface area contributed by atoms with E-state index in [4.69, 9.17) is 10.8 Å². The van der Waals surface area contributed by atoms with Crippen molar-refractivity contribution in [2.45, 2.75) is 77.3 Å². The second-order valence-corrected chi connectivity index (χ2v) is 17.8. The molecule has 2 unspecified atom stereocenters. The van der Waals surface area contributed by atoms with E-state index in [-0.39, 0.29) is 63.5 Å². The Bertz CT molecular complexity index is 2150. The number of nitrogen functional groups attached to an aromatic ring is 1. The van der Waals surface area contributed by atoms with Crippen molar-refractivity contribution < 1.29 is 47.3 Å². The average Bonchev–Trinajstić information content (AvgIpc) is 3.20. The Morgan fingerprint density at radius 3 is 1.63 bits per heavy atom. The molecule has 2 aromatic heterocycles. The van der Waals surface area contributed by atoms with Gasteiger partial charge < -0.3 is 28.1 Å². The first-order valence-corrected chi connectivity index (χ1v) is 22.8. The molecule has 2 saturated heterocycles. The summed E-state index contributed by atoms with van der Waals surface area (Å²) in [5, 5.41) is 18.2. The van der Waals surface area contributed by atoms with Gasteiger partial charge in [-0.05, 0) is 62.3 Å². The van der Waals surface area contributed by atoms with Gasteiger partial charge in [0, 0.05) is 108 Å². The number of nitro groups is 1. The van der Waals surface area contributed by atoms with Gasteiger partial charge in [-0.1, -0.05) is 50.2 Å². The number of para-hydroxylation sites is 2. The molecule has 60 heavy (non-hydrogen) atoms. The van der Waals surface area contributed by atoms with Gasteiger partial charge in [0.15, 0.2) is 0 Å². The minimum atomic E-state index is -3.27. The Hall–Kier alpha value is -4.16. The molecule has 0 bridgehead atoms. The minimum Gasteiger partial charge on any atom is -0.400 e. The maximum absolute atomic E-state index is 12.1. The largest absolute Gasteiger partial charge is 0.400 e. The third-order valence-corrected chi connectivity index (χ3v) is 12.7. The van der Waals surface area contributed by atoms with Crippen molar-refractivity contribution in [2.24, 2.45) is 0 Å². The fraction of sp³-hybridized carbons (Fsp3) is 0.475. The monoisotopic (exact) mass is 961 g/mol. The van der Waals surface area contributed by atoms with Crippen molar-refractivity contribution >= 4 is 43.1 Å². The number of piperidine rings is 2. The van der Waals surface area contributed by atoms with E-state index in [0.29, 0.717) is 55.4 Å². The van der Waals surface area contributed by atoms with Gasteiger partial charge in [-0.15, -0.1) is 0 Å². The molecule has 0 radical (unpaired) electrons. The number of aliphatic hydroxyl groups excluding tert-OH is 1. The van der Waals surface area contributed by atoms with Gasteiger partial charge in [-0.3, -0.25) is 10.1 Å². The summed E-state index contributed by atoms with van der Waals surface area (Å²) in [6, 6.07) is 17.7. The molecule has 2 atom stereocenters. The molecule has 2 fully saturated rings. The Kier molecular flexibility index (Phi) is 22.2. The van der Waals surface area contributed by atoms with E-state index in [1.165, 1.54) is 6.07 Å². The standard InChI is InChI=1S/C19H25N5O4S.C19H27N5O2S.CH4O.CH3.Pd/c1-2-12-29(27,28)22-16-7-5-11-23(14-16)19-9-10-20-18(21-19)13-15-6-3-4-8-17(15)24(25)26;1-2-12-27(25,26)23-16-7-5-11-24(14-16)19-9-10-21-18(22-19)13-15-6-3-4-8-17(15)20;1-2;;/h3-4,6,8-10,16,22H,2,5,7,11-14H2,1H3;3-4,6,8-10,16,23H,2,5,7,11-14,20H2,1H3;2H,1H3;1H3;/q;;;-1;. The van der Waals surface area contributed by atoms with Crippen LogP contribution in [0.2, 0.25) is 0 Å². The molecule has 20 heteroatoms. The molecular weight excluding hydrogens is 903 g/mol. The van der Waals surface area contributed by atoms with Crippen LogP contribution < -0.4 is 25.0 Å². The van der Waals surface area contributed by atoms with E-state index in [2.05, 4.69) is 34.3 Å². The zero-order valence-electron chi connectivity index (χ0n) is 34.7. The molecule has 0 spiro atoms. The van der Waals surface area contributed by atoms with Crippen LogP contribution in [-0.2, 0) is 53.3 Å². The van der Waals surface area contributed by atoms with Crippen LogP contribution in [0.4, 0.5) is 23.0 Å². The fourth-order valence-electron chi connectivity index (χ4n) is 6.90. The minimum absolute atomic E-state index is 0. The van der Waals surface area contributed by atoms with Gasteiger partial charge in [0.05, 0.1) is 16.4 Å². The van der Waals surface area contributed by atoms with Crippen LogP contribution in [-0.4, -0.2) is 104 Å². The normalized spacial score (nSPS) is 16.5. The maximum atomic E-state index is 12.1. The summed E-state index contributed by atoms with van der Waals surface area (Å²) < 4.78 is 53.9. The van der Waals surface area contributed by atoms with Crippen molar-refractivity contribution in [3.63, 3.8) is 0 Å². The summed E-state index contributed by atoms with van der Waals surface area (Å²) in [4.78, 5) is 32.9. The van der Waals surface area contributed by atoms with Gasteiger partial charge in [0.25, 0.3) is 5.69 Å². The van der Waals surface area contributed by atoms with Crippen LogP contribution in [0, 0.1) is 17.5 Å². The number of nitrogens with one attached hydrogen (secondary N) is 2. The summed E-state index contributed by atoms with van der Waals surface area (Å²) in [6.07, 6.45) is 8.81. The summed E-state index contributed by atoms with van der Waals surface area (Å²) >= 11 is 0. The summed E-state index contributed by atoms with van der Waals surface area (Å²) in [5.41, 5.74) is 8.35. The zero-order chi connectivity index (χ0) is 42.1. The van der Waals surface area contributed by atoms with Gasteiger partial charge in [-0.25, -0.2) is 46.2 Å². The molecule has 5 N–H and O–H groups in total. The van der Waals surface area contributed by atoms with Crippen LogP contribution in [0.1, 0.15) is 75.1 Å². The number of nitro benzene ring substituents is 1. The third-order valence-electron chi connectivity index (χ3n) is 9.45. The Morgan fingerprint density at radius 1 is 0.750 bits per heavy atom. The van der Waals surface area contributed by atoms with Crippen LogP contribution >= 0.6 is 0 Å². The SMILES string of the molecule is CCCS(=O)(=O)NC1CCCN(c2ccnc(Cc3ccccc3N)n2)C1.CCCS(=O)(=O)NC1CCCN(c2ccnc(Cc3ccccc3[N+](=O)[O-])n2)C1.CO.[CH3-].[Pd]. The van der Waals surface area contributed by atoms with E-state index in [9.17, 15) is 26.9 Å². The summed E-state index contributed by atoms with van der Waals surface area (Å²) in [5.74, 6) is 3.02. The zero-order valence-corrected chi connectivity index (χ0v) is 37.9. The van der Waals surface area contributed by atoms with Crippen LogP contribution in [0.25, 0.3) is 0 Å². The molecule has 4 heterocycles. The first kappa shape index (κ1) is 52.0. The van der Waals surface area contributed by atoms with E-state index < -0.39 is 25.0 Å². The Morgan fingerprint density at radius 2 is 1.18 bits per heavy atom. The van der Waals surface area contributed by atoms with Gasteiger partial charge in [-0.2, -0.15) is 0 Å². The summed E-state index contributed by atoms with van der Waals surface area (Å²) in [7, 11) is -5.49. The number of aliphatic hydroxyl groups is 1. The van der Waals surface area contributed by atoms with E-state index in [1.54, 1.807) is 36.7 Å². The molecule has 0 aliphatic carbocycles. The van der Waals surface area contributed by atoms with E-state index in [1.807, 2.05) is 49.1 Å². The predicted octanol–water partition coefficient (Wildman–Crippen LogP) is 4.28. The van der Waals surface area contributed by atoms with Gasteiger partial charge >= 0.3 is 0 Å². The smallest absolute Gasteiger partial charge is 0.273 e. The number of hydrogen-bond acceptors (Lipinski definition) is 14. The number of rotatable bonds is 15. The van der Waals surface area contributed by atoms with Crippen molar-refractivity contribution in [3.8, 4) is 0 Å². The Labute approximate surface area is 368 Å². The molecule has 2 aliphatic heterocycles. The van der Waals surface area contributed by atoms with Crippen molar-refractivity contribution in [1.29, 1.82) is 0 Å². The number of benzene rings is 2. The molecule has 0 amide bonds. The number of aromatic nitrogens is 4. The van der Waals surface area contributed by atoms with Crippen LogP contribution in [0.5, 0.6) is 0 Å². The van der Waals surface area contributed by atoms with Gasteiger partial charge in [0.1, 0.15) is 23.3 Å². The molecule has 2 aliphatic rings. The second kappa shape index (κ2) is 25.6. The van der Waals surface area contributed by atoms with Crippen molar-refractivity contribution in [3.05, 3.63) is 113 Å². The molecule has 0 saturated carbocycles. The third kappa shape index (κ3) is 16.4. The van der Waals surface area contributed by atoms with Crippen molar-refractivity contribution in [1.82, 2.24) is 29.4 Å². The number of anilines is 3. The number of nitrogens with zero attached hydrogens (tertiary/aromatic N) is 7. The molecule has 2 aromatic carbocycles. The predicted molar refractivity (Wildman–Crippen MR) is 233 cm³/mol. The fourth-order valence-corrected chi connectivity index (χ4v) is 9.61. The maximum Gasteiger partial charge on any atom is 0.273 e. The molecule has 6 rings (SSSR count). The first-order valence-electron chi connectivity index (χ1n) is 19.5. The van der Waals surface area contributed by atoms with Crippen molar-refractivity contribution in [2.75, 3.05) is 60.3 Å². The van der Waals surface area contributed by atoms with E-state index in [0.717, 1.165) is 63.0 Å². The molecule has 4 aromatic rings. The van der Waals surface area contributed by atoms with Gasteiger partial charge in [0.2, 0.25) is 20.0 Å². The average molecular weight is 963 g/mol. The topological polar surface area (TPSA) is 240 Å². The molecule has 17 nitrogen and oxygen atoms in total. The summed E-state index contributed by atoms with van der Waals surface area (Å²) in [6.45, 7) is 6.49.